The molecule has 0 saturated carbocycles. The van der Waals surface area contributed by atoms with Gasteiger partial charge in [-0.05, 0) is 43.7 Å². The average Bonchev–Trinajstić information content (AvgIpc) is 2.38. The van der Waals surface area contributed by atoms with E-state index in [1.807, 2.05) is 17.1 Å². The zero-order valence-corrected chi connectivity index (χ0v) is 10.4. The molecule has 2 N–H and O–H groups in total. The van der Waals surface area contributed by atoms with Crippen molar-refractivity contribution in [3.05, 3.63) is 40.4 Å². The van der Waals surface area contributed by atoms with E-state index in [9.17, 15) is 4.53 Å². The second kappa shape index (κ2) is 4.63. The van der Waals surface area contributed by atoms with Crippen molar-refractivity contribution in [3.63, 3.8) is 0 Å². The average molecular weight is 252 g/mol. The van der Waals surface area contributed by atoms with Gasteiger partial charge in [-0.2, -0.15) is 0 Å². The summed E-state index contributed by atoms with van der Waals surface area (Å²) < 4.78 is 13.9. The van der Waals surface area contributed by atoms with Crippen molar-refractivity contribution in [2.75, 3.05) is 0 Å². The van der Waals surface area contributed by atoms with Gasteiger partial charge in [-0.1, -0.05) is 11.5 Å². The van der Waals surface area contributed by atoms with Gasteiger partial charge in [0.2, 0.25) is 0 Å². The molecule has 0 amide bonds. The van der Waals surface area contributed by atoms with Crippen LogP contribution in [0.4, 0.5) is 4.53 Å². The second-order valence-electron chi connectivity index (χ2n) is 3.74. The van der Waals surface area contributed by atoms with E-state index < -0.39 is 0 Å². The van der Waals surface area contributed by atoms with E-state index in [2.05, 4.69) is 11.9 Å². The molecule has 0 spiro atoms. The lowest BCUT2D eigenvalue weighted by Gasteiger charge is -2.13. The van der Waals surface area contributed by atoms with Crippen LogP contribution in [0, 0.1) is 13.8 Å². The summed E-state index contributed by atoms with van der Waals surface area (Å²) in [7, 11) is 0. The minimum atomic E-state index is 0.173. The van der Waals surface area contributed by atoms with E-state index in [4.69, 9.17) is 5.73 Å². The summed E-state index contributed by atoms with van der Waals surface area (Å²) in [6.45, 7) is 4.10. The van der Waals surface area contributed by atoms with E-state index in [-0.39, 0.29) is 5.75 Å². The van der Waals surface area contributed by atoms with Crippen molar-refractivity contribution >= 4 is 23.4 Å². The Morgan fingerprint density at radius 1 is 1.35 bits per heavy atom. The van der Waals surface area contributed by atoms with Crippen LogP contribution >= 0.6 is 11.5 Å². The fourth-order valence-corrected chi connectivity index (χ4v) is 2.25. The predicted octanol–water partition coefficient (Wildman–Crippen LogP) is 3.34. The Balaban J connectivity index is 2.22. The number of nitrogens with zero attached hydrogens (tertiary/aromatic N) is 1. The highest BCUT2D eigenvalue weighted by Gasteiger charge is 2.05. The summed E-state index contributed by atoms with van der Waals surface area (Å²) in [5, 5.41) is 0. The summed E-state index contributed by atoms with van der Waals surface area (Å²) >= 11 is 1.64. The highest BCUT2D eigenvalue weighted by Crippen LogP contribution is 2.22. The van der Waals surface area contributed by atoms with E-state index in [1.165, 1.54) is 22.7 Å². The number of rotatable bonds is 3. The number of nitrogens with two attached hydrogens (primary N) is 1. The summed E-state index contributed by atoms with van der Waals surface area (Å²) in [6, 6.07) is 6.51. The molecule has 2 aromatic rings. The van der Waals surface area contributed by atoms with Crippen LogP contribution in [0.25, 0.3) is 11.9 Å². The van der Waals surface area contributed by atoms with Crippen LogP contribution in [-0.2, 0) is 0 Å². The Bertz CT molecular complexity index is 539. The van der Waals surface area contributed by atoms with Crippen molar-refractivity contribution < 1.29 is 9.47 Å². The van der Waals surface area contributed by atoms with Gasteiger partial charge < -0.3 is 5.73 Å². The van der Waals surface area contributed by atoms with Crippen LogP contribution in [0.5, 0.6) is 5.75 Å². The third-order valence-electron chi connectivity index (χ3n) is 2.61. The maximum Gasteiger partial charge on any atom is 0.171 e. The fourth-order valence-electron chi connectivity index (χ4n) is 1.42. The summed E-state index contributed by atoms with van der Waals surface area (Å²) in [5.74, 6) is 0.173. The first-order valence-corrected chi connectivity index (χ1v) is 5.90. The van der Waals surface area contributed by atoms with E-state index in [0.29, 0.717) is 5.70 Å². The molecular weight excluding hydrogens is 239 g/mol. The molecule has 2 rings (SSSR count). The van der Waals surface area contributed by atoms with Gasteiger partial charge in [-0.15, -0.1) is 0 Å². The number of benzene rings is 1. The Morgan fingerprint density at radius 2 is 2.00 bits per heavy atom. The molecule has 5 heteroatoms. The van der Waals surface area contributed by atoms with Crippen LogP contribution < -0.4 is 10.7 Å². The molecule has 17 heavy (non-hydrogen) atoms. The lowest BCUT2D eigenvalue weighted by atomic mass is 10.2. The molecule has 3 nitrogen and oxygen atoms in total. The quantitative estimate of drug-likeness (QED) is 0.910. The second-order valence-corrected chi connectivity index (χ2v) is 4.93. The van der Waals surface area contributed by atoms with Crippen LogP contribution in [-0.4, -0.2) is 3.96 Å². The molecule has 1 heterocycles. The Hall–Kier alpha value is -1.75. The monoisotopic (exact) mass is 252 g/mol. The Kier molecular flexibility index (Phi) is 3.19. The van der Waals surface area contributed by atoms with Crippen LogP contribution in [0.2, 0.25) is 0 Å². The van der Waals surface area contributed by atoms with Crippen molar-refractivity contribution in [1.82, 2.24) is 3.96 Å². The van der Waals surface area contributed by atoms with Crippen LogP contribution in [0.1, 0.15) is 16.1 Å². The van der Waals surface area contributed by atoms with Gasteiger partial charge in [-0.25, -0.2) is 0 Å². The zero-order chi connectivity index (χ0) is 12.4. The summed E-state index contributed by atoms with van der Waals surface area (Å²) in [6.07, 6.45) is 1.86. The minimum absolute atomic E-state index is 0.173. The first-order valence-electron chi connectivity index (χ1n) is 5.13. The number of aromatic nitrogens is 1. The highest BCUT2D eigenvalue weighted by atomic mass is 32.1. The molecule has 0 fully saturated rings. The molecule has 1 aromatic carbocycles. The molecular formula is C12H13FN2OS. The minimum Gasteiger partial charge on any atom is -0.397 e. The molecule has 0 bridgehead atoms. The van der Waals surface area contributed by atoms with Crippen molar-refractivity contribution in [2.24, 2.45) is 5.73 Å². The lowest BCUT2D eigenvalue weighted by molar-refractivity contribution is -0.00620. The van der Waals surface area contributed by atoms with E-state index >= 15 is 0 Å². The van der Waals surface area contributed by atoms with Gasteiger partial charge in [0, 0.05) is 21.3 Å². The van der Waals surface area contributed by atoms with Gasteiger partial charge in [0.25, 0.3) is 0 Å². The molecule has 0 aliphatic carbocycles. The number of hydrogen-bond donors (Lipinski definition) is 1. The van der Waals surface area contributed by atoms with Gasteiger partial charge >= 0.3 is 0 Å². The maximum absolute atomic E-state index is 11.9. The summed E-state index contributed by atoms with van der Waals surface area (Å²) in [5.41, 5.74) is 8.62. The van der Waals surface area contributed by atoms with Crippen LogP contribution in [0.3, 0.4) is 0 Å². The predicted molar refractivity (Wildman–Crippen MR) is 68.3 cm³/mol. The molecule has 0 unspecified atom stereocenters. The molecule has 90 valence electrons. The van der Waals surface area contributed by atoms with Gasteiger partial charge in [0.15, 0.2) is 5.75 Å². The first-order chi connectivity index (χ1) is 8.11. The molecule has 0 radical (unpaired) electrons. The van der Waals surface area contributed by atoms with Gasteiger partial charge in [-0.3, -0.25) is 8.90 Å². The van der Waals surface area contributed by atoms with E-state index in [0.717, 1.165) is 5.56 Å². The molecule has 1 aromatic heterocycles. The lowest BCUT2D eigenvalue weighted by Crippen LogP contribution is -2.03. The van der Waals surface area contributed by atoms with Crippen LogP contribution in [0.15, 0.2) is 24.3 Å². The smallest absolute Gasteiger partial charge is 0.171 e. The third-order valence-corrected chi connectivity index (χ3v) is 3.75. The van der Waals surface area contributed by atoms with Crippen molar-refractivity contribution in [2.45, 2.75) is 13.8 Å². The Morgan fingerprint density at radius 3 is 2.47 bits per heavy atom. The maximum atomic E-state index is 11.9. The topological polar surface area (TPSA) is 40.2 Å². The molecule has 0 atom stereocenters. The Labute approximate surface area is 103 Å². The molecule has 0 aliphatic rings. The SMILES string of the molecule is Cc1sn(/C=C(\N)c2ccc(OF)cc2)c1C. The molecule has 0 aliphatic heterocycles. The highest BCUT2D eigenvalue weighted by molar-refractivity contribution is 7.08. The number of halogens is 1. The van der Waals surface area contributed by atoms with Gasteiger partial charge in [0.05, 0.1) is 5.70 Å². The van der Waals surface area contributed by atoms with E-state index in [1.54, 1.807) is 23.7 Å². The summed E-state index contributed by atoms with van der Waals surface area (Å²) in [4.78, 5) is 4.90. The fraction of sp³-hybridized carbons (Fsp3) is 0.167. The standard InChI is InChI=1S/C12H13FN2OS/c1-8-9(2)17-15(8)7-12(14)10-3-5-11(16-13)6-4-10/h3-7H,14H2,1-2H3/b12-7-. The number of aryl methyl sites for hydroxylation is 1. The normalized spacial score (nSPS) is 11.8. The zero-order valence-electron chi connectivity index (χ0n) is 9.61. The van der Waals surface area contributed by atoms with Gasteiger partial charge in [0.1, 0.15) is 0 Å². The molecule has 0 saturated heterocycles. The largest absolute Gasteiger partial charge is 0.397 e. The van der Waals surface area contributed by atoms with Crippen molar-refractivity contribution in [1.29, 1.82) is 0 Å². The third kappa shape index (κ3) is 2.34. The number of hydrogen-bond acceptors (Lipinski definition) is 3. The van der Waals surface area contributed by atoms with Crippen molar-refractivity contribution in [3.8, 4) is 5.75 Å². The first kappa shape index (κ1) is 11.7.